The maximum absolute atomic E-state index is 12.2. The number of amidine groups is 1. The molecule has 0 saturated carbocycles. The highest BCUT2D eigenvalue weighted by Gasteiger charge is 2.52. The van der Waals surface area contributed by atoms with Gasteiger partial charge in [0.05, 0.1) is 0 Å². The van der Waals surface area contributed by atoms with E-state index in [2.05, 4.69) is 5.32 Å². The Morgan fingerprint density at radius 1 is 1.48 bits per heavy atom. The molecule has 7 nitrogen and oxygen atoms in total. The average molecular weight is 296 g/mol. The van der Waals surface area contributed by atoms with Gasteiger partial charge in [-0.3, -0.25) is 10.7 Å². The van der Waals surface area contributed by atoms with E-state index < -0.39 is 11.1 Å². The number of urea groups is 1. The Kier molecular flexibility index (Phi) is 3.63. The number of amides is 3. The van der Waals surface area contributed by atoms with E-state index in [1.54, 1.807) is 16.8 Å². The molecule has 0 aromatic heterocycles. The third kappa shape index (κ3) is 2.69. The second kappa shape index (κ2) is 4.89. The Hall–Kier alpha value is -1.79. The fourth-order valence-corrected chi connectivity index (χ4v) is 3.02. The van der Waals surface area contributed by atoms with Gasteiger partial charge in [-0.2, -0.15) is 0 Å². The molecule has 7 heteroatoms. The van der Waals surface area contributed by atoms with Gasteiger partial charge in [0.1, 0.15) is 17.0 Å². The van der Waals surface area contributed by atoms with E-state index in [1.807, 2.05) is 27.7 Å². The summed E-state index contributed by atoms with van der Waals surface area (Å²) in [6.45, 7) is 7.91. The molecule has 0 aliphatic carbocycles. The molecule has 2 unspecified atom stereocenters. The molecule has 2 atom stereocenters. The van der Waals surface area contributed by atoms with Crippen molar-refractivity contribution >= 4 is 18.0 Å². The lowest BCUT2D eigenvalue weighted by atomic mass is 9.82. The van der Waals surface area contributed by atoms with Crippen molar-refractivity contribution in [1.29, 1.82) is 5.41 Å². The van der Waals surface area contributed by atoms with Gasteiger partial charge in [0.25, 0.3) is 0 Å². The van der Waals surface area contributed by atoms with Gasteiger partial charge in [0.2, 0.25) is 0 Å². The first-order valence-corrected chi connectivity index (χ1v) is 7.20. The van der Waals surface area contributed by atoms with Crippen molar-refractivity contribution in [3.63, 3.8) is 0 Å². The van der Waals surface area contributed by atoms with Crippen LogP contribution in [0.15, 0.2) is 0 Å². The zero-order valence-electron chi connectivity index (χ0n) is 13.3. The largest absolute Gasteiger partial charge is 0.444 e. The van der Waals surface area contributed by atoms with E-state index in [0.717, 1.165) is 0 Å². The van der Waals surface area contributed by atoms with Crippen molar-refractivity contribution < 1.29 is 14.3 Å². The molecule has 3 amide bonds. The van der Waals surface area contributed by atoms with Crippen LogP contribution in [0.3, 0.4) is 0 Å². The molecule has 2 rings (SSSR count). The number of nitrogens with one attached hydrogen (secondary N) is 2. The Balaban J connectivity index is 2.11. The highest BCUT2D eigenvalue weighted by Crippen LogP contribution is 2.35. The number of carbonyl (C=O) groups is 2. The molecule has 0 aromatic carbocycles. The summed E-state index contributed by atoms with van der Waals surface area (Å²) in [5.74, 6) is 0.227. The van der Waals surface area contributed by atoms with Crippen LogP contribution < -0.4 is 5.32 Å². The number of piperidine rings is 1. The normalized spacial score (nSPS) is 29.9. The van der Waals surface area contributed by atoms with Crippen molar-refractivity contribution in [3.05, 3.63) is 0 Å². The van der Waals surface area contributed by atoms with Gasteiger partial charge in [-0.05, 0) is 40.5 Å². The van der Waals surface area contributed by atoms with Crippen molar-refractivity contribution in [2.24, 2.45) is 0 Å². The second-order valence-electron chi connectivity index (χ2n) is 6.87. The topological polar surface area (TPSA) is 85.7 Å². The zero-order valence-corrected chi connectivity index (χ0v) is 13.3. The highest BCUT2D eigenvalue weighted by atomic mass is 16.6. The highest BCUT2D eigenvalue weighted by molar-refractivity contribution is 6.08. The molecular formula is C14H24N4O3. The number of nitrogens with zero attached hydrogens (tertiary/aromatic N) is 2. The van der Waals surface area contributed by atoms with E-state index in [9.17, 15) is 9.59 Å². The first-order valence-electron chi connectivity index (χ1n) is 7.20. The molecule has 21 heavy (non-hydrogen) atoms. The van der Waals surface area contributed by atoms with Gasteiger partial charge in [-0.25, -0.2) is 9.59 Å². The van der Waals surface area contributed by atoms with Crippen molar-refractivity contribution in [1.82, 2.24) is 15.1 Å². The van der Waals surface area contributed by atoms with Gasteiger partial charge in [-0.15, -0.1) is 0 Å². The minimum atomic E-state index is -0.616. The lowest BCUT2D eigenvalue weighted by molar-refractivity contribution is 0.00158. The van der Waals surface area contributed by atoms with E-state index in [4.69, 9.17) is 10.1 Å². The Labute approximate surface area is 125 Å². The lowest BCUT2D eigenvalue weighted by Gasteiger charge is -2.45. The molecular weight excluding hydrogens is 272 g/mol. The van der Waals surface area contributed by atoms with E-state index in [1.165, 1.54) is 0 Å². The standard InChI is InChI=1S/C14H24N4O3/c1-9-8-14(10(15)16-11(19)17(14)5)6-7-18(9)12(20)21-13(2,3)4/h9H,6-8H2,1-5H3,(H2,15,16,19). The van der Waals surface area contributed by atoms with E-state index in [0.29, 0.717) is 19.4 Å². The molecule has 0 bridgehead atoms. The summed E-state index contributed by atoms with van der Waals surface area (Å²) in [5.41, 5.74) is -1.14. The van der Waals surface area contributed by atoms with Crippen molar-refractivity contribution in [2.75, 3.05) is 13.6 Å². The average Bonchev–Trinajstić information content (AvgIpc) is 2.52. The maximum atomic E-state index is 12.2. The summed E-state index contributed by atoms with van der Waals surface area (Å²) in [6.07, 6.45) is 0.752. The first-order chi connectivity index (χ1) is 9.57. The van der Waals surface area contributed by atoms with Gasteiger partial charge >= 0.3 is 12.1 Å². The quantitative estimate of drug-likeness (QED) is 0.714. The number of likely N-dealkylation sites (N-methyl/N-ethyl adjacent to an activating group) is 1. The number of hydrogen-bond donors (Lipinski definition) is 2. The zero-order chi connectivity index (χ0) is 16.0. The monoisotopic (exact) mass is 296 g/mol. The third-order valence-electron chi connectivity index (χ3n) is 4.20. The van der Waals surface area contributed by atoms with Crippen LogP contribution in [0.2, 0.25) is 0 Å². The van der Waals surface area contributed by atoms with E-state index in [-0.39, 0.29) is 24.0 Å². The third-order valence-corrected chi connectivity index (χ3v) is 4.20. The van der Waals surface area contributed by atoms with Crippen LogP contribution in [0.25, 0.3) is 0 Å². The van der Waals surface area contributed by atoms with Gasteiger partial charge in [-0.1, -0.05) is 0 Å². The molecule has 2 aliphatic heterocycles. The minimum Gasteiger partial charge on any atom is -0.444 e. The van der Waals surface area contributed by atoms with Gasteiger partial charge in [0, 0.05) is 19.6 Å². The molecule has 1 spiro atoms. The van der Waals surface area contributed by atoms with Gasteiger partial charge < -0.3 is 14.5 Å². The molecule has 2 saturated heterocycles. The summed E-state index contributed by atoms with van der Waals surface area (Å²) in [6, 6.07) is -0.345. The predicted octanol–water partition coefficient (Wildman–Crippen LogP) is 1.78. The molecule has 2 N–H and O–H groups in total. The Bertz CT molecular complexity index is 485. The number of carbonyl (C=O) groups excluding carboxylic acids is 2. The SMILES string of the molecule is CC1CC2(CCN1C(=O)OC(C)(C)C)C(=N)NC(=O)N2C. The molecule has 0 radical (unpaired) electrons. The van der Waals surface area contributed by atoms with Crippen LogP contribution in [-0.2, 0) is 4.74 Å². The number of rotatable bonds is 0. The van der Waals surface area contributed by atoms with Crippen LogP contribution in [-0.4, -0.2) is 58.5 Å². The summed E-state index contributed by atoms with van der Waals surface area (Å²) in [7, 11) is 1.70. The van der Waals surface area contributed by atoms with Crippen molar-refractivity contribution in [3.8, 4) is 0 Å². The molecule has 2 aliphatic rings. The Morgan fingerprint density at radius 3 is 2.52 bits per heavy atom. The first kappa shape index (κ1) is 15.6. The molecule has 0 aromatic rings. The number of hydrogen-bond acceptors (Lipinski definition) is 4. The molecule has 2 heterocycles. The Morgan fingerprint density at radius 2 is 2.10 bits per heavy atom. The maximum Gasteiger partial charge on any atom is 0.410 e. The van der Waals surface area contributed by atoms with Crippen LogP contribution in [0, 0.1) is 5.41 Å². The van der Waals surface area contributed by atoms with Crippen LogP contribution in [0.4, 0.5) is 9.59 Å². The summed E-state index contributed by atoms with van der Waals surface area (Å²) >= 11 is 0. The van der Waals surface area contributed by atoms with Crippen LogP contribution >= 0.6 is 0 Å². The fraction of sp³-hybridized carbons (Fsp3) is 0.786. The lowest BCUT2D eigenvalue weighted by Crippen LogP contribution is -2.59. The fourth-order valence-electron chi connectivity index (χ4n) is 3.02. The number of likely N-dealkylation sites (tertiary alicyclic amines) is 1. The van der Waals surface area contributed by atoms with Crippen molar-refractivity contribution in [2.45, 2.75) is 57.7 Å². The van der Waals surface area contributed by atoms with E-state index >= 15 is 0 Å². The minimum absolute atomic E-state index is 0.0934. The number of ether oxygens (including phenoxy) is 1. The predicted molar refractivity (Wildman–Crippen MR) is 78.4 cm³/mol. The molecule has 2 fully saturated rings. The summed E-state index contributed by atoms with van der Waals surface area (Å²) in [4.78, 5) is 27.2. The summed E-state index contributed by atoms with van der Waals surface area (Å²) < 4.78 is 5.41. The van der Waals surface area contributed by atoms with Gasteiger partial charge in [0.15, 0.2) is 0 Å². The van der Waals surface area contributed by atoms with Crippen LogP contribution in [0.1, 0.15) is 40.5 Å². The molecule has 118 valence electrons. The summed E-state index contributed by atoms with van der Waals surface area (Å²) in [5, 5.41) is 10.6. The second-order valence-corrected chi connectivity index (χ2v) is 6.87. The smallest absolute Gasteiger partial charge is 0.410 e. The van der Waals surface area contributed by atoms with Crippen LogP contribution in [0.5, 0.6) is 0 Å².